The van der Waals surface area contributed by atoms with E-state index in [0.29, 0.717) is 23.4 Å². The third-order valence-corrected chi connectivity index (χ3v) is 5.31. The van der Waals surface area contributed by atoms with E-state index in [9.17, 15) is 0 Å². The van der Waals surface area contributed by atoms with Crippen molar-refractivity contribution in [1.82, 2.24) is 0 Å². The van der Waals surface area contributed by atoms with E-state index in [0.717, 1.165) is 12.5 Å². The normalized spacial score (nSPS) is 34.8. The van der Waals surface area contributed by atoms with Crippen molar-refractivity contribution in [2.45, 2.75) is 65.9 Å². The maximum atomic E-state index is 6.40. The monoisotopic (exact) mass is 250 g/mol. The molecule has 0 amide bonds. The van der Waals surface area contributed by atoms with Crippen molar-refractivity contribution in [3.05, 3.63) is 12.2 Å². The van der Waals surface area contributed by atoms with Crippen LogP contribution in [0.5, 0.6) is 0 Å². The van der Waals surface area contributed by atoms with Crippen LogP contribution in [0.3, 0.4) is 0 Å². The number of hydrogen-bond donors (Lipinski definition) is 0. The maximum Gasteiger partial charge on any atom is 0.0691 e. The highest BCUT2D eigenvalue weighted by atomic mass is 16.5. The number of hydrogen-bond acceptors (Lipinski definition) is 1. The smallest absolute Gasteiger partial charge is 0.0691 e. The summed E-state index contributed by atoms with van der Waals surface area (Å²) in [5.41, 5.74) is 0.382. The summed E-state index contributed by atoms with van der Waals surface area (Å²) in [4.78, 5) is 0. The fraction of sp³-hybridized carbons (Fsp3) is 0.882. The molecule has 2 rings (SSSR count). The molecule has 0 saturated heterocycles. The summed E-state index contributed by atoms with van der Waals surface area (Å²) in [6.07, 6.45) is 11.9. The molecule has 0 aliphatic heterocycles. The fourth-order valence-electron chi connectivity index (χ4n) is 3.64. The average Bonchev–Trinajstić information content (AvgIpc) is 2.99. The molecule has 0 aromatic carbocycles. The molecule has 0 spiro atoms. The van der Waals surface area contributed by atoms with E-state index in [-0.39, 0.29) is 0 Å². The van der Waals surface area contributed by atoms with Crippen LogP contribution in [0.2, 0.25) is 0 Å². The van der Waals surface area contributed by atoms with Gasteiger partial charge in [0.25, 0.3) is 0 Å². The summed E-state index contributed by atoms with van der Waals surface area (Å²) >= 11 is 0. The third kappa shape index (κ3) is 2.66. The molecule has 0 N–H and O–H groups in total. The van der Waals surface area contributed by atoms with Gasteiger partial charge in [0.05, 0.1) is 6.10 Å². The Labute approximate surface area is 113 Å². The summed E-state index contributed by atoms with van der Waals surface area (Å²) in [5.74, 6) is 2.22. The molecule has 0 radical (unpaired) electrons. The van der Waals surface area contributed by atoms with Crippen LogP contribution in [0.4, 0.5) is 0 Å². The van der Waals surface area contributed by atoms with Crippen molar-refractivity contribution in [3.8, 4) is 0 Å². The molecular formula is C17H30O. The number of fused-ring (bicyclic) bond motifs is 2. The lowest BCUT2D eigenvalue weighted by atomic mass is 9.75. The first-order chi connectivity index (χ1) is 8.61. The van der Waals surface area contributed by atoms with E-state index < -0.39 is 0 Å². The van der Waals surface area contributed by atoms with Crippen molar-refractivity contribution in [3.63, 3.8) is 0 Å². The lowest BCUT2D eigenvalue weighted by Gasteiger charge is -2.38. The van der Waals surface area contributed by atoms with E-state index in [4.69, 9.17) is 4.74 Å². The van der Waals surface area contributed by atoms with Crippen LogP contribution in [0.15, 0.2) is 12.2 Å². The molecule has 5 unspecified atom stereocenters. The van der Waals surface area contributed by atoms with Crippen LogP contribution in [0.1, 0.15) is 59.8 Å². The van der Waals surface area contributed by atoms with Gasteiger partial charge in [-0.05, 0) is 37.0 Å². The SMILES string of the molecule is CCC(C)COC(C(C)CC)C12C=CC(CC1)C2. The van der Waals surface area contributed by atoms with Crippen LogP contribution in [-0.2, 0) is 4.74 Å². The van der Waals surface area contributed by atoms with Gasteiger partial charge >= 0.3 is 0 Å². The summed E-state index contributed by atoms with van der Waals surface area (Å²) in [6, 6.07) is 0. The molecular weight excluding hydrogens is 220 g/mol. The standard InChI is InChI=1S/C17H30O/c1-5-13(3)12-18-16(14(4)6-2)17-9-7-15(11-17)8-10-17/h7,9,13-16H,5-6,8,10-12H2,1-4H3. The van der Waals surface area contributed by atoms with Crippen molar-refractivity contribution < 1.29 is 4.74 Å². The van der Waals surface area contributed by atoms with Gasteiger partial charge in [-0.15, -0.1) is 0 Å². The summed E-state index contributed by atoms with van der Waals surface area (Å²) in [6.45, 7) is 10.2. The highest BCUT2D eigenvalue weighted by molar-refractivity contribution is 5.18. The van der Waals surface area contributed by atoms with Crippen LogP contribution < -0.4 is 0 Å². The van der Waals surface area contributed by atoms with E-state index in [1.54, 1.807) is 0 Å². The van der Waals surface area contributed by atoms with Crippen LogP contribution >= 0.6 is 0 Å². The molecule has 2 aliphatic carbocycles. The van der Waals surface area contributed by atoms with E-state index in [1.165, 1.54) is 32.1 Å². The van der Waals surface area contributed by atoms with Crippen LogP contribution in [-0.4, -0.2) is 12.7 Å². The lowest BCUT2D eigenvalue weighted by molar-refractivity contribution is -0.0617. The fourth-order valence-corrected chi connectivity index (χ4v) is 3.64. The number of ether oxygens (including phenoxy) is 1. The molecule has 1 fully saturated rings. The maximum absolute atomic E-state index is 6.40. The Morgan fingerprint density at radius 3 is 2.50 bits per heavy atom. The minimum Gasteiger partial charge on any atom is -0.377 e. The van der Waals surface area contributed by atoms with Gasteiger partial charge in [-0.1, -0.05) is 52.7 Å². The van der Waals surface area contributed by atoms with Gasteiger partial charge in [0, 0.05) is 12.0 Å². The first-order valence-corrected chi connectivity index (χ1v) is 7.92. The van der Waals surface area contributed by atoms with Crippen molar-refractivity contribution in [1.29, 1.82) is 0 Å². The molecule has 0 heterocycles. The first kappa shape index (κ1) is 14.1. The molecule has 2 aliphatic rings. The van der Waals surface area contributed by atoms with E-state index >= 15 is 0 Å². The van der Waals surface area contributed by atoms with Gasteiger partial charge in [-0.25, -0.2) is 0 Å². The van der Waals surface area contributed by atoms with Gasteiger partial charge in [-0.2, -0.15) is 0 Å². The van der Waals surface area contributed by atoms with Crippen LogP contribution in [0.25, 0.3) is 0 Å². The topological polar surface area (TPSA) is 9.23 Å². The van der Waals surface area contributed by atoms with Gasteiger partial charge in [-0.3, -0.25) is 0 Å². The predicted molar refractivity (Wildman–Crippen MR) is 77.6 cm³/mol. The Morgan fingerprint density at radius 2 is 2.06 bits per heavy atom. The Hall–Kier alpha value is -0.300. The summed E-state index contributed by atoms with van der Waals surface area (Å²) in [5, 5.41) is 0. The quantitative estimate of drug-likeness (QED) is 0.589. The zero-order chi connectivity index (χ0) is 13.2. The largest absolute Gasteiger partial charge is 0.377 e. The molecule has 1 heteroatoms. The first-order valence-electron chi connectivity index (χ1n) is 7.92. The molecule has 0 aromatic rings. The zero-order valence-corrected chi connectivity index (χ0v) is 12.6. The summed E-state index contributed by atoms with van der Waals surface area (Å²) in [7, 11) is 0. The Morgan fingerprint density at radius 1 is 1.28 bits per heavy atom. The highest BCUT2D eigenvalue weighted by Crippen LogP contribution is 2.54. The van der Waals surface area contributed by atoms with Gasteiger partial charge in [0.2, 0.25) is 0 Å². The van der Waals surface area contributed by atoms with E-state index in [1.807, 2.05) is 0 Å². The molecule has 0 aromatic heterocycles. The Kier molecular flexibility index (Phi) is 4.53. The predicted octanol–water partition coefficient (Wildman–Crippen LogP) is 4.82. The number of allylic oxidation sites excluding steroid dienone is 1. The van der Waals surface area contributed by atoms with Gasteiger partial charge in [0.15, 0.2) is 0 Å². The molecule has 1 nitrogen and oxygen atoms in total. The Bertz CT molecular complexity index is 296. The summed E-state index contributed by atoms with van der Waals surface area (Å²) < 4.78 is 6.40. The van der Waals surface area contributed by atoms with Crippen molar-refractivity contribution in [2.24, 2.45) is 23.2 Å². The van der Waals surface area contributed by atoms with Crippen LogP contribution in [0, 0.1) is 23.2 Å². The number of rotatable bonds is 7. The van der Waals surface area contributed by atoms with Crippen molar-refractivity contribution in [2.75, 3.05) is 6.61 Å². The minimum absolute atomic E-state index is 0.382. The second kappa shape index (κ2) is 5.77. The zero-order valence-electron chi connectivity index (χ0n) is 12.6. The van der Waals surface area contributed by atoms with Crippen molar-refractivity contribution >= 4 is 0 Å². The molecule has 104 valence electrons. The van der Waals surface area contributed by atoms with E-state index in [2.05, 4.69) is 39.8 Å². The molecule has 5 atom stereocenters. The molecule has 1 saturated carbocycles. The molecule has 18 heavy (non-hydrogen) atoms. The Balaban J connectivity index is 2.03. The van der Waals surface area contributed by atoms with Gasteiger partial charge < -0.3 is 4.74 Å². The molecule has 2 bridgehead atoms. The second-order valence-corrected chi connectivity index (χ2v) is 6.75. The second-order valence-electron chi connectivity index (χ2n) is 6.75. The minimum atomic E-state index is 0.382. The average molecular weight is 250 g/mol. The third-order valence-electron chi connectivity index (χ3n) is 5.31. The van der Waals surface area contributed by atoms with Gasteiger partial charge in [0.1, 0.15) is 0 Å². The lowest BCUT2D eigenvalue weighted by Crippen LogP contribution is -2.38. The highest BCUT2D eigenvalue weighted by Gasteiger charge is 2.48.